The standard InChI is InChI=1S/C20H16F3N5O4/c1-2-32-19(29)12-5-3-7-14(9-12)26-17-16(28(30)31)18(25-11-24-17)27-15-8-4-6-13(10-15)20(21,22)23/h3-11H,2H2,1H3,(H2,24,25,26,27). The van der Waals surface area contributed by atoms with Gasteiger partial charge in [0.2, 0.25) is 11.6 Å². The molecule has 166 valence electrons. The fourth-order valence-electron chi connectivity index (χ4n) is 2.72. The predicted molar refractivity (Wildman–Crippen MR) is 109 cm³/mol. The molecule has 32 heavy (non-hydrogen) atoms. The molecular formula is C20H16F3N5O4. The number of nitrogens with zero attached hydrogens (tertiary/aromatic N) is 3. The zero-order chi connectivity index (χ0) is 23.3. The molecule has 0 aliphatic rings. The minimum absolute atomic E-state index is 0.0446. The van der Waals surface area contributed by atoms with E-state index in [9.17, 15) is 28.1 Å². The van der Waals surface area contributed by atoms with E-state index in [1.807, 2.05) is 0 Å². The van der Waals surface area contributed by atoms with Crippen molar-refractivity contribution < 1.29 is 27.6 Å². The lowest BCUT2D eigenvalue weighted by molar-refractivity contribution is -0.383. The molecule has 1 aromatic heterocycles. The first-order valence-corrected chi connectivity index (χ1v) is 9.17. The van der Waals surface area contributed by atoms with Crippen LogP contribution < -0.4 is 10.6 Å². The van der Waals surface area contributed by atoms with Crippen LogP contribution in [0.25, 0.3) is 0 Å². The molecule has 0 bridgehead atoms. The minimum atomic E-state index is -4.58. The molecule has 0 unspecified atom stereocenters. The molecule has 0 fully saturated rings. The number of nitro groups is 1. The molecule has 0 amide bonds. The van der Waals surface area contributed by atoms with Gasteiger partial charge in [-0.25, -0.2) is 14.8 Å². The van der Waals surface area contributed by atoms with Crippen molar-refractivity contribution in [3.05, 3.63) is 76.1 Å². The Kier molecular flexibility index (Phi) is 6.52. The van der Waals surface area contributed by atoms with Crippen LogP contribution in [-0.2, 0) is 10.9 Å². The highest BCUT2D eigenvalue weighted by Crippen LogP contribution is 2.35. The summed E-state index contributed by atoms with van der Waals surface area (Å²) in [5.74, 6) is -1.10. The van der Waals surface area contributed by atoms with Crippen molar-refractivity contribution >= 4 is 34.7 Å². The summed E-state index contributed by atoms with van der Waals surface area (Å²) in [5.41, 5.74) is -1.03. The van der Waals surface area contributed by atoms with Crippen LogP contribution in [0.2, 0.25) is 0 Å². The lowest BCUT2D eigenvalue weighted by Gasteiger charge is -2.12. The first kappa shape index (κ1) is 22.5. The van der Waals surface area contributed by atoms with Crippen molar-refractivity contribution in [1.29, 1.82) is 0 Å². The Hall–Kier alpha value is -4.22. The van der Waals surface area contributed by atoms with Gasteiger partial charge in [-0.3, -0.25) is 10.1 Å². The number of esters is 1. The average molecular weight is 447 g/mol. The second-order valence-electron chi connectivity index (χ2n) is 6.31. The number of aromatic nitrogens is 2. The van der Waals surface area contributed by atoms with Crippen LogP contribution in [0.15, 0.2) is 54.9 Å². The van der Waals surface area contributed by atoms with Crippen LogP contribution in [0, 0.1) is 10.1 Å². The number of rotatable bonds is 7. The number of carbonyl (C=O) groups excluding carboxylic acids is 1. The number of anilines is 4. The number of carbonyl (C=O) groups is 1. The van der Waals surface area contributed by atoms with Crippen molar-refractivity contribution in [2.24, 2.45) is 0 Å². The van der Waals surface area contributed by atoms with Crippen molar-refractivity contribution in [3.8, 4) is 0 Å². The summed E-state index contributed by atoms with van der Waals surface area (Å²) in [4.78, 5) is 30.5. The van der Waals surface area contributed by atoms with Crippen molar-refractivity contribution in [2.75, 3.05) is 17.2 Å². The van der Waals surface area contributed by atoms with E-state index >= 15 is 0 Å². The number of hydrogen-bond donors (Lipinski definition) is 2. The Morgan fingerprint density at radius 2 is 1.66 bits per heavy atom. The van der Waals surface area contributed by atoms with Gasteiger partial charge in [-0.15, -0.1) is 0 Å². The molecule has 2 aromatic carbocycles. The van der Waals surface area contributed by atoms with E-state index in [0.717, 1.165) is 24.5 Å². The summed E-state index contributed by atoms with van der Waals surface area (Å²) in [7, 11) is 0. The normalized spacial score (nSPS) is 11.0. The zero-order valence-electron chi connectivity index (χ0n) is 16.5. The van der Waals surface area contributed by atoms with E-state index in [4.69, 9.17) is 4.74 Å². The van der Waals surface area contributed by atoms with Gasteiger partial charge in [0.1, 0.15) is 6.33 Å². The van der Waals surface area contributed by atoms with E-state index in [0.29, 0.717) is 5.69 Å². The van der Waals surface area contributed by atoms with Gasteiger partial charge in [0.15, 0.2) is 0 Å². The molecule has 0 saturated carbocycles. The van der Waals surface area contributed by atoms with Gasteiger partial charge < -0.3 is 15.4 Å². The van der Waals surface area contributed by atoms with Gasteiger partial charge in [-0.1, -0.05) is 12.1 Å². The maximum Gasteiger partial charge on any atom is 0.416 e. The number of hydrogen-bond acceptors (Lipinski definition) is 8. The Labute approximate surface area is 179 Å². The molecule has 0 spiro atoms. The fraction of sp³-hybridized carbons (Fsp3) is 0.150. The lowest BCUT2D eigenvalue weighted by Crippen LogP contribution is -2.08. The van der Waals surface area contributed by atoms with Crippen LogP contribution in [0.5, 0.6) is 0 Å². The number of ether oxygens (including phenoxy) is 1. The zero-order valence-corrected chi connectivity index (χ0v) is 16.5. The smallest absolute Gasteiger partial charge is 0.416 e. The molecule has 1 heterocycles. The van der Waals surface area contributed by atoms with E-state index in [2.05, 4.69) is 20.6 Å². The van der Waals surface area contributed by atoms with Crippen molar-refractivity contribution in [3.63, 3.8) is 0 Å². The molecular weight excluding hydrogens is 431 g/mol. The van der Waals surface area contributed by atoms with Gasteiger partial charge in [0.25, 0.3) is 0 Å². The number of nitrogens with one attached hydrogen (secondary N) is 2. The predicted octanol–water partition coefficient (Wildman–Crippen LogP) is 5.07. The van der Waals surface area contributed by atoms with Gasteiger partial charge in [-0.05, 0) is 43.3 Å². The van der Waals surface area contributed by atoms with Crippen molar-refractivity contribution in [2.45, 2.75) is 13.1 Å². The maximum absolute atomic E-state index is 13.0. The minimum Gasteiger partial charge on any atom is -0.462 e. The van der Waals surface area contributed by atoms with E-state index in [1.165, 1.54) is 18.2 Å². The SMILES string of the molecule is CCOC(=O)c1cccc(Nc2ncnc(Nc3cccc(C(F)(F)F)c3)c2[N+](=O)[O-])c1. The summed E-state index contributed by atoms with van der Waals surface area (Å²) in [5, 5.41) is 17.0. The number of halogens is 3. The third-order valence-corrected chi connectivity index (χ3v) is 4.09. The second kappa shape index (κ2) is 9.29. The number of alkyl halides is 3. The van der Waals surface area contributed by atoms with Crippen LogP contribution in [0.4, 0.5) is 41.9 Å². The monoisotopic (exact) mass is 447 g/mol. The molecule has 0 radical (unpaired) electrons. The summed E-state index contributed by atoms with van der Waals surface area (Å²) in [6, 6.07) is 10.2. The van der Waals surface area contributed by atoms with Gasteiger partial charge in [-0.2, -0.15) is 13.2 Å². The quantitative estimate of drug-likeness (QED) is 0.293. The summed E-state index contributed by atoms with van der Waals surface area (Å²) in [6.07, 6.45) is -3.56. The molecule has 0 aliphatic carbocycles. The molecule has 3 rings (SSSR count). The van der Waals surface area contributed by atoms with Gasteiger partial charge in [0.05, 0.1) is 22.7 Å². The fourth-order valence-corrected chi connectivity index (χ4v) is 2.72. The van der Waals surface area contributed by atoms with Crippen LogP contribution in [0.1, 0.15) is 22.8 Å². The topological polar surface area (TPSA) is 119 Å². The highest BCUT2D eigenvalue weighted by molar-refractivity contribution is 5.91. The third-order valence-electron chi connectivity index (χ3n) is 4.09. The molecule has 3 aromatic rings. The Bertz CT molecular complexity index is 1150. The summed E-state index contributed by atoms with van der Waals surface area (Å²) >= 11 is 0. The molecule has 0 aliphatic heterocycles. The largest absolute Gasteiger partial charge is 0.462 e. The van der Waals surface area contributed by atoms with Gasteiger partial charge >= 0.3 is 17.8 Å². The van der Waals surface area contributed by atoms with Crippen LogP contribution in [-0.4, -0.2) is 27.5 Å². The number of benzene rings is 2. The molecule has 9 nitrogen and oxygen atoms in total. The Morgan fingerprint density at radius 3 is 2.22 bits per heavy atom. The van der Waals surface area contributed by atoms with E-state index in [-0.39, 0.29) is 29.5 Å². The molecule has 0 saturated heterocycles. The lowest BCUT2D eigenvalue weighted by atomic mass is 10.2. The van der Waals surface area contributed by atoms with E-state index < -0.39 is 28.3 Å². The highest BCUT2D eigenvalue weighted by Gasteiger charge is 2.31. The third kappa shape index (κ3) is 5.28. The average Bonchev–Trinajstić information content (AvgIpc) is 2.73. The van der Waals surface area contributed by atoms with Crippen molar-refractivity contribution in [1.82, 2.24) is 9.97 Å². The molecule has 2 N–H and O–H groups in total. The van der Waals surface area contributed by atoms with E-state index in [1.54, 1.807) is 19.1 Å². The first-order chi connectivity index (χ1) is 15.2. The summed E-state index contributed by atoms with van der Waals surface area (Å²) < 4.78 is 43.8. The Balaban J connectivity index is 1.93. The summed E-state index contributed by atoms with van der Waals surface area (Å²) in [6.45, 7) is 1.83. The Morgan fingerprint density at radius 1 is 1.06 bits per heavy atom. The first-order valence-electron chi connectivity index (χ1n) is 9.17. The second-order valence-corrected chi connectivity index (χ2v) is 6.31. The van der Waals surface area contributed by atoms with Crippen LogP contribution in [0.3, 0.4) is 0 Å². The molecule has 12 heteroatoms. The van der Waals surface area contributed by atoms with Gasteiger partial charge in [0, 0.05) is 11.4 Å². The van der Waals surface area contributed by atoms with Crippen LogP contribution >= 0.6 is 0 Å². The molecule has 0 atom stereocenters. The maximum atomic E-state index is 13.0. The highest BCUT2D eigenvalue weighted by atomic mass is 19.4.